The van der Waals surface area contributed by atoms with Crippen molar-refractivity contribution in [2.75, 3.05) is 39.8 Å². The first-order chi connectivity index (χ1) is 10.2. The van der Waals surface area contributed by atoms with Gasteiger partial charge in [-0.2, -0.15) is 0 Å². The molecule has 0 spiro atoms. The van der Waals surface area contributed by atoms with Gasteiger partial charge >= 0.3 is 0 Å². The Labute approximate surface area is 131 Å². The molecule has 1 N–H and O–H groups in total. The van der Waals surface area contributed by atoms with Gasteiger partial charge < -0.3 is 15.1 Å². The van der Waals surface area contributed by atoms with E-state index in [9.17, 15) is 0 Å². The van der Waals surface area contributed by atoms with Crippen LogP contribution in [0.15, 0.2) is 0 Å². The number of nitrogens with zero attached hydrogens (tertiary/aromatic N) is 2. The molecule has 0 amide bonds. The molecule has 2 aliphatic carbocycles. The predicted molar refractivity (Wildman–Crippen MR) is 89.7 cm³/mol. The minimum Gasteiger partial charge on any atom is -0.313 e. The summed E-state index contributed by atoms with van der Waals surface area (Å²) in [6.07, 6.45) is 11.4. The number of rotatable bonds is 7. The number of piperidine rings is 1. The monoisotopic (exact) mass is 293 g/mol. The van der Waals surface area contributed by atoms with Crippen molar-refractivity contribution in [1.82, 2.24) is 15.1 Å². The molecule has 0 aromatic carbocycles. The van der Waals surface area contributed by atoms with Crippen molar-refractivity contribution in [3.05, 3.63) is 0 Å². The summed E-state index contributed by atoms with van der Waals surface area (Å²) in [6.45, 7) is 8.73. The van der Waals surface area contributed by atoms with Crippen molar-refractivity contribution in [2.24, 2.45) is 5.41 Å². The zero-order valence-corrected chi connectivity index (χ0v) is 14.2. The van der Waals surface area contributed by atoms with Gasteiger partial charge in [0, 0.05) is 25.2 Å². The van der Waals surface area contributed by atoms with E-state index in [0.717, 1.165) is 12.1 Å². The van der Waals surface area contributed by atoms with Crippen molar-refractivity contribution in [2.45, 2.75) is 70.4 Å². The van der Waals surface area contributed by atoms with Crippen LogP contribution >= 0.6 is 0 Å². The van der Waals surface area contributed by atoms with E-state index in [1.54, 1.807) is 0 Å². The highest BCUT2D eigenvalue weighted by atomic mass is 15.2. The molecular weight excluding hydrogens is 258 g/mol. The largest absolute Gasteiger partial charge is 0.313 e. The van der Waals surface area contributed by atoms with Gasteiger partial charge in [0.1, 0.15) is 0 Å². The number of hydrogen-bond acceptors (Lipinski definition) is 3. The third-order valence-electron chi connectivity index (χ3n) is 6.22. The molecule has 0 aromatic rings. The molecule has 0 bridgehead atoms. The molecule has 3 nitrogen and oxygen atoms in total. The van der Waals surface area contributed by atoms with E-state index in [4.69, 9.17) is 0 Å². The molecule has 2 saturated carbocycles. The molecule has 3 aliphatic rings. The SMILES string of the molecule is CCN1CCC(N(C)CC2(CNC3CC3)CCCC2)CC1. The van der Waals surface area contributed by atoms with Crippen LogP contribution in [-0.2, 0) is 0 Å². The Balaban J connectivity index is 1.50. The number of likely N-dealkylation sites (tertiary alicyclic amines) is 1. The van der Waals surface area contributed by atoms with E-state index >= 15 is 0 Å². The summed E-state index contributed by atoms with van der Waals surface area (Å²) in [6, 6.07) is 1.69. The second-order valence-electron chi connectivity index (χ2n) is 7.94. The van der Waals surface area contributed by atoms with Gasteiger partial charge in [-0.3, -0.25) is 0 Å². The Hall–Kier alpha value is -0.120. The van der Waals surface area contributed by atoms with Gasteiger partial charge in [0.2, 0.25) is 0 Å². The molecule has 21 heavy (non-hydrogen) atoms. The van der Waals surface area contributed by atoms with E-state index in [1.165, 1.54) is 84.1 Å². The minimum atomic E-state index is 0.583. The molecule has 0 unspecified atom stereocenters. The van der Waals surface area contributed by atoms with Crippen LogP contribution in [0.5, 0.6) is 0 Å². The molecule has 3 heteroatoms. The zero-order chi connectivity index (χ0) is 14.7. The molecule has 3 rings (SSSR count). The van der Waals surface area contributed by atoms with Crippen LogP contribution in [-0.4, -0.2) is 61.7 Å². The molecule has 3 fully saturated rings. The first-order valence-corrected chi connectivity index (χ1v) is 9.37. The van der Waals surface area contributed by atoms with E-state index < -0.39 is 0 Å². The summed E-state index contributed by atoms with van der Waals surface area (Å²) in [5.41, 5.74) is 0.583. The predicted octanol–water partition coefficient (Wildman–Crippen LogP) is 2.71. The zero-order valence-electron chi connectivity index (χ0n) is 14.2. The summed E-state index contributed by atoms with van der Waals surface area (Å²) in [4.78, 5) is 5.32. The Bertz CT molecular complexity index is 312. The van der Waals surface area contributed by atoms with E-state index in [1.807, 2.05) is 0 Å². The van der Waals surface area contributed by atoms with Crippen LogP contribution in [0.4, 0.5) is 0 Å². The van der Waals surface area contributed by atoms with Gasteiger partial charge in [0.25, 0.3) is 0 Å². The number of nitrogens with one attached hydrogen (secondary N) is 1. The summed E-state index contributed by atoms with van der Waals surface area (Å²) in [5.74, 6) is 0. The lowest BCUT2D eigenvalue weighted by molar-refractivity contribution is 0.0873. The molecule has 1 saturated heterocycles. The molecule has 122 valence electrons. The van der Waals surface area contributed by atoms with E-state index in [2.05, 4.69) is 29.1 Å². The van der Waals surface area contributed by atoms with Crippen LogP contribution in [0.3, 0.4) is 0 Å². The summed E-state index contributed by atoms with van der Waals surface area (Å²) in [5, 5.41) is 3.83. The molecular formula is C18H35N3. The van der Waals surface area contributed by atoms with Crippen LogP contribution in [0.1, 0.15) is 58.3 Å². The Morgan fingerprint density at radius 1 is 1.10 bits per heavy atom. The lowest BCUT2D eigenvalue weighted by atomic mass is 9.84. The molecule has 0 aromatic heterocycles. The highest BCUT2D eigenvalue weighted by Gasteiger charge is 2.37. The fourth-order valence-corrected chi connectivity index (χ4v) is 4.50. The smallest absolute Gasteiger partial charge is 0.0117 e. The average molecular weight is 293 g/mol. The maximum Gasteiger partial charge on any atom is 0.0117 e. The highest BCUT2D eigenvalue weighted by Crippen LogP contribution is 2.39. The quantitative estimate of drug-likeness (QED) is 0.778. The highest BCUT2D eigenvalue weighted by molar-refractivity contribution is 4.93. The van der Waals surface area contributed by atoms with Gasteiger partial charge in [-0.05, 0) is 70.6 Å². The molecule has 0 atom stereocenters. The molecule has 1 aliphatic heterocycles. The Kier molecular flexibility index (Phi) is 5.23. The summed E-state index contributed by atoms with van der Waals surface area (Å²) >= 11 is 0. The second kappa shape index (κ2) is 6.97. The molecule has 0 radical (unpaired) electrons. The van der Waals surface area contributed by atoms with Gasteiger partial charge in [0.05, 0.1) is 0 Å². The van der Waals surface area contributed by atoms with Crippen LogP contribution in [0, 0.1) is 5.41 Å². The van der Waals surface area contributed by atoms with Gasteiger partial charge in [-0.15, -0.1) is 0 Å². The normalized spacial score (nSPS) is 27.6. The fourth-order valence-electron chi connectivity index (χ4n) is 4.50. The van der Waals surface area contributed by atoms with Crippen LogP contribution in [0.2, 0.25) is 0 Å². The second-order valence-corrected chi connectivity index (χ2v) is 7.94. The van der Waals surface area contributed by atoms with Crippen molar-refractivity contribution in [3.8, 4) is 0 Å². The first-order valence-electron chi connectivity index (χ1n) is 9.37. The van der Waals surface area contributed by atoms with Gasteiger partial charge in [-0.1, -0.05) is 19.8 Å². The van der Waals surface area contributed by atoms with Gasteiger partial charge in [0.15, 0.2) is 0 Å². The van der Waals surface area contributed by atoms with Crippen molar-refractivity contribution >= 4 is 0 Å². The molecule has 1 heterocycles. The fraction of sp³-hybridized carbons (Fsp3) is 1.00. The van der Waals surface area contributed by atoms with Crippen molar-refractivity contribution in [1.29, 1.82) is 0 Å². The maximum absolute atomic E-state index is 3.83. The summed E-state index contributed by atoms with van der Waals surface area (Å²) < 4.78 is 0. The third kappa shape index (κ3) is 4.20. The third-order valence-corrected chi connectivity index (χ3v) is 6.22. The average Bonchev–Trinajstić information content (AvgIpc) is 3.25. The number of hydrogen-bond donors (Lipinski definition) is 1. The van der Waals surface area contributed by atoms with Crippen LogP contribution in [0.25, 0.3) is 0 Å². The standard InChI is InChI=1S/C18H35N3/c1-3-21-12-8-17(9-13-21)20(2)15-18(10-4-5-11-18)14-19-16-6-7-16/h16-17,19H,3-15H2,1-2H3. The van der Waals surface area contributed by atoms with E-state index in [0.29, 0.717) is 5.41 Å². The maximum atomic E-state index is 3.83. The van der Waals surface area contributed by atoms with Crippen LogP contribution < -0.4 is 5.32 Å². The lowest BCUT2D eigenvalue weighted by Gasteiger charge is -2.41. The van der Waals surface area contributed by atoms with E-state index in [-0.39, 0.29) is 0 Å². The summed E-state index contributed by atoms with van der Waals surface area (Å²) in [7, 11) is 2.39. The Morgan fingerprint density at radius 3 is 2.33 bits per heavy atom. The first kappa shape index (κ1) is 15.8. The lowest BCUT2D eigenvalue weighted by Crippen LogP contribution is -2.48. The van der Waals surface area contributed by atoms with Crippen molar-refractivity contribution < 1.29 is 0 Å². The topological polar surface area (TPSA) is 18.5 Å². The van der Waals surface area contributed by atoms with Gasteiger partial charge in [-0.25, -0.2) is 0 Å². The Morgan fingerprint density at radius 2 is 1.76 bits per heavy atom. The van der Waals surface area contributed by atoms with Crippen molar-refractivity contribution in [3.63, 3.8) is 0 Å². The minimum absolute atomic E-state index is 0.583.